The van der Waals surface area contributed by atoms with Crippen LogP contribution >= 0.6 is 11.3 Å². The molecule has 94 valence electrons. The largest absolute Gasteiger partial charge is 0.310 e. The van der Waals surface area contributed by atoms with E-state index in [4.69, 9.17) is 0 Å². The van der Waals surface area contributed by atoms with Gasteiger partial charge in [0.05, 0.1) is 0 Å². The highest BCUT2D eigenvalue weighted by molar-refractivity contribution is 7.13. The summed E-state index contributed by atoms with van der Waals surface area (Å²) in [6.45, 7) is 5.37. The summed E-state index contributed by atoms with van der Waals surface area (Å²) in [5.74, 6) is 0. The summed E-state index contributed by atoms with van der Waals surface area (Å²) in [7, 11) is 0. The van der Waals surface area contributed by atoms with Crippen molar-refractivity contribution in [1.29, 1.82) is 0 Å². The summed E-state index contributed by atoms with van der Waals surface area (Å²) in [6.07, 6.45) is 2.71. The van der Waals surface area contributed by atoms with Gasteiger partial charge in [0, 0.05) is 17.5 Å². The lowest BCUT2D eigenvalue weighted by atomic mass is 10.0. The van der Waals surface area contributed by atoms with Crippen molar-refractivity contribution in [1.82, 2.24) is 5.32 Å². The summed E-state index contributed by atoms with van der Waals surface area (Å²) < 4.78 is 0. The molecular formula is C16H19NS. The molecule has 0 unspecified atom stereocenters. The predicted octanol–water partition coefficient (Wildman–Crippen LogP) is 4.28. The van der Waals surface area contributed by atoms with Gasteiger partial charge in [0.25, 0.3) is 0 Å². The van der Waals surface area contributed by atoms with E-state index >= 15 is 0 Å². The molecule has 0 amide bonds. The summed E-state index contributed by atoms with van der Waals surface area (Å²) >= 11 is 1.85. The van der Waals surface area contributed by atoms with Crippen molar-refractivity contribution in [3.8, 4) is 10.4 Å². The van der Waals surface area contributed by atoms with E-state index in [-0.39, 0.29) is 0 Å². The molecule has 0 bridgehead atoms. The standard InChI is InChI=1S/C16H19NS/c1-11-3-6-15(12(2)7-11)16-8-13(10-18-16)9-17-14-4-5-14/h3,6-8,10,14,17H,4-5,9H2,1-2H3. The molecule has 2 heteroatoms. The summed E-state index contributed by atoms with van der Waals surface area (Å²) in [5, 5.41) is 5.85. The van der Waals surface area contributed by atoms with E-state index in [0.29, 0.717) is 0 Å². The van der Waals surface area contributed by atoms with Crippen LogP contribution in [0.4, 0.5) is 0 Å². The van der Waals surface area contributed by atoms with Crippen LogP contribution in [0.5, 0.6) is 0 Å². The summed E-state index contributed by atoms with van der Waals surface area (Å²) in [5.41, 5.74) is 5.51. The molecule has 1 fully saturated rings. The fraction of sp³-hybridized carbons (Fsp3) is 0.375. The van der Waals surface area contributed by atoms with Crippen LogP contribution in [0.2, 0.25) is 0 Å². The molecule has 1 aliphatic rings. The number of thiophene rings is 1. The van der Waals surface area contributed by atoms with Crippen LogP contribution in [0.3, 0.4) is 0 Å². The molecule has 1 aromatic heterocycles. The van der Waals surface area contributed by atoms with E-state index in [1.807, 2.05) is 11.3 Å². The Bertz CT molecular complexity index is 552. The van der Waals surface area contributed by atoms with Gasteiger partial charge < -0.3 is 5.32 Å². The van der Waals surface area contributed by atoms with Crippen molar-refractivity contribution in [2.75, 3.05) is 0 Å². The van der Waals surface area contributed by atoms with Crippen LogP contribution in [-0.2, 0) is 6.54 Å². The van der Waals surface area contributed by atoms with E-state index in [0.717, 1.165) is 12.6 Å². The Morgan fingerprint density at radius 1 is 1.22 bits per heavy atom. The normalized spacial score (nSPS) is 15.0. The van der Waals surface area contributed by atoms with E-state index in [2.05, 4.69) is 48.8 Å². The van der Waals surface area contributed by atoms with Gasteiger partial charge in [0.1, 0.15) is 0 Å². The first-order valence-electron chi connectivity index (χ1n) is 6.61. The molecule has 0 saturated heterocycles. The fourth-order valence-electron chi connectivity index (χ4n) is 2.25. The van der Waals surface area contributed by atoms with Gasteiger partial charge in [-0.25, -0.2) is 0 Å². The molecule has 2 aromatic rings. The van der Waals surface area contributed by atoms with Crippen molar-refractivity contribution in [2.45, 2.75) is 39.3 Å². The average molecular weight is 257 g/mol. The van der Waals surface area contributed by atoms with Gasteiger partial charge in [-0.3, -0.25) is 0 Å². The highest BCUT2D eigenvalue weighted by Crippen LogP contribution is 2.30. The maximum absolute atomic E-state index is 3.57. The topological polar surface area (TPSA) is 12.0 Å². The van der Waals surface area contributed by atoms with Gasteiger partial charge in [0.15, 0.2) is 0 Å². The lowest BCUT2D eigenvalue weighted by molar-refractivity contribution is 0.689. The Kier molecular flexibility index (Phi) is 3.23. The molecule has 1 N–H and O–H groups in total. The zero-order valence-electron chi connectivity index (χ0n) is 11.0. The SMILES string of the molecule is Cc1ccc(-c2cc(CNC3CC3)cs2)c(C)c1. The molecule has 0 spiro atoms. The maximum Gasteiger partial charge on any atom is 0.0348 e. The zero-order valence-corrected chi connectivity index (χ0v) is 11.8. The summed E-state index contributed by atoms with van der Waals surface area (Å²) in [6, 6.07) is 9.82. The lowest BCUT2D eigenvalue weighted by Gasteiger charge is -2.04. The number of rotatable bonds is 4. The average Bonchev–Trinajstić information content (AvgIpc) is 3.05. The molecule has 1 nitrogen and oxygen atoms in total. The minimum atomic E-state index is 0.787. The van der Waals surface area contributed by atoms with Gasteiger partial charge in [-0.1, -0.05) is 23.8 Å². The predicted molar refractivity (Wildman–Crippen MR) is 79.1 cm³/mol. The second kappa shape index (κ2) is 4.87. The van der Waals surface area contributed by atoms with Crippen LogP contribution in [0.25, 0.3) is 10.4 Å². The molecule has 0 aliphatic heterocycles. The molecule has 3 rings (SSSR count). The Hall–Kier alpha value is -1.12. The fourth-order valence-corrected chi connectivity index (χ4v) is 3.25. The van der Waals surface area contributed by atoms with Gasteiger partial charge >= 0.3 is 0 Å². The van der Waals surface area contributed by atoms with Crippen molar-refractivity contribution in [3.05, 3.63) is 46.3 Å². The molecular weight excluding hydrogens is 238 g/mol. The molecule has 18 heavy (non-hydrogen) atoms. The number of nitrogens with one attached hydrogen (secondary N) is 1. The molecule has 0 radical (unpaired) electrons. The molecule has 1 heterocycles. The first-order valence-corrected chi connectivity index (χ1v) is 7.49. The van der Waals surface area contributed by atoms with E-state index < -0.39 is 0 Å². The van der Waals surface area contributed by atoms with Crippen LogP contribution in [-0.4, -0.2) is 6.04 Å². The van der Waals surface area contributed by atoms with Gasteiger partial charge in [-0.05, 0) is 54.8 Å². The van der Waals surface area contributed by atoms with Crippen LogP contribution in [0, 0.1) is 13.8 Å². The maximum atomic E-state index is 3.57. The lowest BCUT2D eigenvalue weighted by Crippen LogP contribution is -2.14. The third-order valence-corrected chi connectivity index (χ3v) is 4.49. The molecule has 1 saturated carbocycles. The van der Waals surface area contributed by atoms with Gasteiger partial charge in [-0.2, -0.15) is 0 Å². The van der Waals surface area contributed by atoms with E-state index in [1.165, 1.54) is 40.0 Å². The first-order chi connectivity index (χ1) is 8.72. The van der Waals surface area contributed by atoms with Gasteiger partial charge in [-0.15, -0.1) is 11.3 Å². The van der Waals surface area contributed by atoms with Crippen LogP contribution < -0.4 is 5.32 Å². The first kappa shape index (κ1) is 11.9. The quantitative estimate of drug-likeness (QED) is 0.862. The van der Waals surface area contributed by atoms with Crippen LogP contribution in [0.1, 0.15) is 29.5 Å². The second-order valence-electron chi connectivity index (χ2n) is 5.29. The Labute approximate surface area is 113 Å². The number of aryl methyl sites for hydroxylation is 2. The highest BCUT2D eigenvalue weighted by Gasteiger charge is 2.20. The van der Waals surface area contributed by atoms with E-state index in [1.54, 1.807) is 0 Å². The Balaban J connectivity index is 1.78. The third kappa shape index (κ3) is 2.65. The van der Waals surface area contributed by atoms with Crippen molar-refractivity contribution < 1.29 is 0 Å². The van der Waals surface area contributed by atoms with E-state index in [9.17, 15) is 0 Å². The monoisotopic (exact) mass is 257 g/mol. The van der Waals surface area contributed by atoms with Crippen LogP contribution in [0.15, 0.2) is 29.6 Å². The summed E-state index contributed by atoms with van der Waals surface area (Å²) in [4.78, 5) is 1.39. The number of benzene rings is 1. The minimum Gasteiger partial charge on any atom is -0.310 e. The molecule has 0 atom stereocenters. The number of hydrogen-bond donors (Lipinski definition) is 1. The molecule has 1 aromatic carbocycles. The highest BCUT2D eigenvalue weighted by atomic mass is 32.1. The minimum absolute atomic E-state index is 0.787. The smallest absolute Gasteiger partial charge is 0.0348 e. The van der Waals surface area contributed by atoms with Crippen molar-refractivity contribution >= 4 is 11.3 Å². The second-order valence-corrected chi connectivity index (χ2v) is 6.20. The van der Waals surface area contributed by atoms with Gasteiger partial charge in [0.2, 0.25) is 0 Å². The Morgan fingerprint density at radius 3 is 2.78 bits per heavy atom. The Morgan fingerprint density at radius 2 is 2.06 bits per heavy atom. The molecule has 1 aliphatic carbocycles. The number of hydrogen-bond acceptors (Lipinski definition) is 2. The third-order valence-electron chi connectivity index (χ3n) is 3.47. The van der Waals surface area contributed by atoms with Crippen molar-refractivity contribution in [2.24, 2.45) is 0 Å². The zero-order chi connectivity index (χ0) is 12.5. The van der Waals surface area contributed by atoms with Crippen molar-refractivity contribution in [3.63, 3.8) is 0 Å².